The van der Waals surface area contributed by atoms with Gasteiger partial charge in [0.2, 0.25) is 0 Å². The van der Waals surface area contributed by atoms with Gasteiger partial charge in [-0.05, 0) is 19.1 Å². The number of aliphatic hydroxyl groups excluding tert-OH is 1. The highest BCUT2D eigenvalue weighted by Gasteiger charge is 2.06. The Labute approximate surface area is 105 Å². The van der Waals surface area contributed by atoms with Crippen LogP contribution < -0.4 is 5.73 Å². The SMILES string of the molecule is CC(O)CC(=O)O.COC(=O)c1ccccc1N. The van der Waals surface area contributed by atoms with Gasteiger partial charge in [-0.1, -0.05) is 12.1 Å². The lowest BCUT2D eigenvalue weighted by Crippen LogP contribution is -2.07. The molecule has 4 N–H and O–H groups in total. The van der Waals surface area contributed by atoms with Gasteiger partial charge >= 0.3 is 11.9 Å². The van der Waals surface area contributed by atoms with E-state index in [1.165, 1.54) is 14.0 Å². The number of carboxylic acids is 1. The van der Waals surface area contributed by atoms with Crippen LogP contribution >= 0.6 is 0 Å². The van der Waals surface area contributed by atoms with Crippen LogP contribution in [0.5, 0.6) is 0 Å². The van der Waals surface area contributed by atoms with Crippen LogP contribution in [0.4, 0.5) is 5.69 Å². The third kappa shape index (κ3) is 6.49. The average molecular weight is 255 g/mol. The molecule has 0 aliphatic rings. The number of hydrogen-bond acceptors (Lipinski definition) is 5. The van der Waals surface area contributed by atoms with Gasteiger partial charge in [0.15, 0.2) is 0 Å². The summed E-state index contributed by atoms with van der Waals surface area (Å²) in [6.45, 7) is 1.44. The number of aliphatic carboxylic acids is 1. The third-order valence-corrected chi connectivity index (χ3v) is 1.84. The number of rotatable bonds is 3. The molecule has 0 saturated carbocycles. The predicted molar refractivity (Wildman–Crippen MR) is 66.1 cm³/mol. The Balaban J connectivity index is 0.000000360. The van der Waals surface area contributed by atoms with Gasteiger partial charge in [-0.3, -0.25) is 4.79 Å². The normalized spacial score (nSPS) is 10.8. The first-order valence-corrected chi connectivity index (χ1v) is 5.21. The van der Waals surface area contributed by atoms with Crippen LogP contribution in [0.25, 0.3) is 0 Å². The number of nitrogen functional groups attached to an aromatic ring is 1. The van der Waals surface area contributed by atoms with Gasteiger partial charge in [0.1, 0.15) is 0 Å². The molecule has 0 radical (unpaired) electrons. The Kier molecular flexibility index (Phi) is 7.14. The molecule has 0 saturated heterocycles. The second-order valence-corrected chi connectivity index (χ2v) is 3.53. The van der Waals surface area contributed by atoms with Crippen LogP contribution in [-0.2, 0) is 9.53 Å². The van der Waals surface area contributed by atoms with Crippen molar-refractivity contribution in [3.05, 3.63) is 29.8 Å². The Bertz CT molecular complexity index is 403. The Hall–Kier alpha value is -2.08. The summed E-state index contributed by atoms with van der Waals surface area (Å²) in [4.78, 5) is 20.6. The molecule has 0 amide bonds. The van der Waals surface area contributed by atoms with Crippen molar-refractivity contribution in [2.45, 2.75) is 19.4 Å². The monoisotopic (exact) mass is 255 g/mol. The number of carbonyl (C=O) groups excluding carboxylic acids is 1. The first-order chi connectivity index (χ1) is 8.38. The lowest BCUT2D eigenvalue weighted by molar-refractivity contribution is -0.138. The minimum Gasteiger partial charge on any atom is -0.481 e. The fourth-order valence-electron chi connectivity index (χ4n) is 1.05. The van der Waals surface area contributed by atoms with Crippen LogP contribution in [0, 0.1) is 0 Å². The van der Waals surface area contributed by atoms with Gasteiger partial charge in [-0.15, -0.1) is 0 Å². The third-order valence-electron chi connectivity index (χ3n) is 1.84. The Morgan fingerprint density at radius 1 is 1.39 bits per heavy atom. The van der Waals surface area contributed by atoms with E-state index in [1.807, 2.05) is 0 Å². The minimum absolute atomic E-state index is 0.167. The lowest BCUT2D eigenvalue weighted by Gasteiger charge is -2.00. The van der Waals surface area contributed by atoms with E-state index in [-0.39, 0.29) is 6.42 Å². The molecule has 1 unspecified atom stereocenters. The minimum atomic E-state index is -0.963. The van der Waals surface area contributed by atoms with E-state index in [0.29, 0.717) is 11.3 Å². The van der Waals surface area contributed by atoms with Crippen molar-refractivity contribution in [3.63, 3.8) is 0 Å². The van der Waals surface area contributed by atoms with Gasteiger partial charge in [0.05, 0.1) is 25.2 Å². The highest BCUT2D eigenvalue weighted by Crippen LogP contribution is 2.10. The number of nitrogens with two attached hydrogens (primary N) is 1. The van der Waals surface area contributed by atoms with E-state index >= 15 is 0 Å². The molecule has 0 aliphatic carbocycles. The smallest absolute Gasteiger partial charge is 0.339 e. The largest absolute Gasteiger partial charge is 0.481 e. The van der Waals surface area contributed by atoms with Crippen molar-refractivity contribution in [1.82, 2.24) is 0 Å². The summed E-state index contributed by atoms with van der Waals surface area (Å²) < 4.78 is 4.50. The molecule has 100 valence electrons. The van der Waals surface area contributed by atoms with Crippen molar-refractivity contribution in [2.24, 2.45) is 0 Å². The summed E-state index contributed by atoms with van der Waals surface area (Å²) >= 11 is 0. The number of benzene rings is 1. The molecule has 6 heteroatoms. The number of esters is 1. The van der Waals surface area contributed by atoms with Crippen molar-refractivity contribution in [2.75, 3.05) is 12.8 Å². The Morgan fingerprint density at radius 2 is 1.94 bits per heavy atom. The van der Waals surface area contributed by atoms with Crippen molar-refractivity contribution < 1.29 is 24.5 Å². The van der Waals surface area contributed by atoms with Crippen LogP contribution in [0.15, 0.2) is 24.3 Å². The number of para-hydroxylation sites is 1. The summed E-state index contributed by atoms with van der Waals surface area (Å²) in [5, 5.41) is 16.3. The summed E-state index contributed by atoms with van der Waals surface area (Å²) in [6.07, 6.45) is -0.891. The topological polar surface area (TPSA) is 110 Å². The van der Waals surface area contributed by atoms with E-state index in [9.17, 15) is 9.59 Å². The molecule has 6 nitrogen and oxygen atoms in total. The maximum absolute atomic E-state index is 10.9. The Morgan fingerprint density at radius 3 is 2.28 bits per heavy atom. The zero-order chi connectivity index (χ0) is 14.1. The van der Waals surface area contributed by atoms with E-state index in [4.69, 9.17) is 15.9 Å². The highest BCUT2D eigenvalue weighted by atomic mass is 16.5. The van der Waals surface area contributed by atoms with E-state index < -0.39 is 18.0 Å². The molecule has 0 spiro atoms. The highest BCUT2D eigenvalue weighted by molar-refractivity contribution is 5.94. The van der Waals surface area contributed by atoms with Crippen molar-refractivity contribution in [1.29, 1.82) is 0 Å². The van der Waals surface area contributed by atoms with Crippen molar-refractivity contribution in [3.8, 4) is 0 Å². The molecule has 0 aliphatic heterocycles. The van der Waals surface area contributed by atoms with Crippen LogP contribution in [0.2, 0.25) is 0 Å². The maximum Gasteiger partial charge on any atom is 0.339 e. The molecular weight excluding hydrogens is 238 g/mol. The molecule has 18 heavy (non-hydrogen) atoms. The first kappa shape index (κ1) is 15.9. The van der Waals surface area contributed by atoms with Crippen LogP contribution in [-0.4, -0.2) is 35.4 Å². The second-order valence-electron chi connectivity index (χ2n) is 3.53. The summed E-state index contributed by atoms with van der Waals surface area (Å²) in [5.41, 5.74) is 6.35. The standard InChI is InChI=1S/C8H9NO2.C4H8O3/c1-11-8(10)6-4-2-3-5-7(6)9;1-3(5)2-4(6)7/h2-5H,9H2,1H3;3,5H,2H2,1H3,(H,6,7). The second kappa shape index (κ2) is 8.08. The van der Waals surface area contributed by atoms with E-state index in [2.05, 4.69) is 4.74 Å². The predicted octanol–water partition coefficient (Wildman–Crippen LogP) is 0.897. The molecule has 0 heterocycles. The quantitative estimate of drug-likeness (QED) is 0.546. The molecular formula is C12H17NO5. The number of carboxylic acid groups (broad SMARTS) is 1. The van der Waals surface area contributed by atoms with E-state index in [1.54, 1.807) is 24.3 Å². The van der Waals surface area contributed by atoms with Gasteiger partial charge in [-0.2, -0.15) is 0 Å². The summed E-state index contributed by atoms with van der Waals surface area (Å²) in [6, 6.07) is 6.79. The number of hydrogen-bond donors (Lipinski definition) is 3. The zero-order valence-corrected chi connectivity index (χ0v) is 10.3. The molecule has 0 bridgehead atoms. The van der Waals surface area contributed by atoms with Gasteiger partial charge < -0.3 is 20.7 Å². The number of carbonyl (C=O) groups is 2. The number of ether oxygens (including phenoxy) is 1. The van der Waals surface area contributed by atoms with Crippen LogP contribution in [0.1, 0.15) is 23.7 Å². The molecule has 1 rings (SSSR count). The molecule has 0 aromatic heterocycles. The average Bonchev–Trinajstić information content (AvgIpc) is 2.27. The molecule has 1 atom stereocenters. The molecule has 1 aromatic carbocycles. The van der Waals surface area contributed by atoms with Gasteiger partial charge in [0, 0.05) is 5.69 Å². The van der Waals surface area contributed by atoms with Crippen molar-refractivity contribution >= 4 is 17.6 Å². The van der Waals surface area contributed by atoms with E-state index in [0.717, 1.165) is 0 Å². The fraction of sp³-hybridized carbons (Fsp3) is 0.333. The molecule has 0 fully saturated rings. The number of anilines is 1. The number of methoxy groups -OCH3 is 1. The maximum atomic E-state index is 10.9. The van der Waals surface area contributed by atoms with Gasteiger partial charge in [-0.25, -0.2) is 4.79 Å². The van der Waals surface area contributed by atoms with Crippen LogP contribution in [0.3, 0.4) is 0 Å². The molecule has 1 aromatic rings. The number of aliphatic hydroxyl groups is 1. The summed E-state index contributed by atoms with van der Waals surface area (Å²) in [5.74, 6) is -1.36. The lowest BCUT2D eigenvalue weighted by atomic mass is 10.2. The zero-order valence-electron chi connectivity index (χ0n) is 10.3. The van der Waals surface area contributed by atoms with Gasteiger partial charge in [0.25, 0.3) is 0 Å². The first-order valence-electron chi connectivity index (χ1n) is 5.21. The fourth-order valence-corrected chi connectivity index (χ4v) is 1.05. The summed E-state index contributed by atoms with van der Waals surface area (Å²) in [7, 11) is 1.33.